The molecule has 0 aliphatic carbocycles. The van der Waals surface area contributed by atoms with Crippen LogP contribution in [0.3, 0.4) is 0 Å². The van der Waals surface area contributed by atoms with E-state index in [2.05, 4.69) is 10.00 Å². The summed E-state index contributed by atoms with van der Waals surface area (Å²) in [5, 5.41) is 14.4. The summed E-state index contributed by atoms with van der Waals surface area (Å²) >= 11 is 0. The van der Waals surface area contributed by atoms with Crippen LogP contribution >= 0.6 is 0 Å². The summed E-state index contributed by atoms with van der Waals surface area (Å²) in [6.45, 7) is 3.09. The molecular weight excluding hydrogens is 433 g/mol. The predicted octanol–water partition coefficient (Wildman–Crippen LogP) is 5.17. The molecular formula is C22H22F5N3O2. The van der Waals surface area contributed by atoms with Gasteiger partial charge in [0.25, 0.3) is 0 Å². The Bertz CT molecular complexity index is 1180. The molecule has 0 bridgehead atoms. The van der Waals surface area contributed by atoms with Crippen molar-refractivity contribution in [2.45, 2.75) is 32.0 Å². The molecule has 32 heavy (non-hydrogen) atoms. The van der Waals surface area contributed by atoms with E-state index < -0.39 is 34.7 Å². The molecule has 1 N–H and O–H groups in total. The van der Waals surface area contributed by atoms with Gasteiger partial charge in [-0.3, -0.25) is 4.68 Å². The Morgan fingerprint density at radius 1 is 1.12 bits per heavy atom. The molecule has 1 aliphatic rings. The number of phenols is 1. The van der Waals surface area contributed by atoms with Crippen molar-refractivity contribution in [3.8, 4) is 17.0 Å². The molecule has 0 spiro atoms. The summed E-state index contributed by atoms with van der Waals surface area (Å²) in [7, 11) is 3.55. The fraction of sp³-hybridized carbons (Fsp3) is 0.409. The number of ether oxygens (including phenoxy) is 1. The van der Waals surface area contributed by atoms with Gasteiger partial charge in [-0.15, -0.1) is 0 Å². The minimum absolute atomic E-state index is 0.0985. The second-order valence-electron chi connectivity index (χ2n) is 8.03. The van der Waals surface area contributed by atoms with Gasteiger partial charge >= 0.3 is 6.18 Å². The third-order valence-electron chi connectivity index (χ3n) is 6.02. The number of fused-ring (bicyclic) bond motifs is 1. The lowest BCUT2D eigenvalue weighted by Crippen LogP contribution is -2.36. The van der Waals surface area contributed by atoms with Crippen LogP contribution in [0.25, 0.3) is 22.2 Å². The molecule has 0 atom stereocenters. The highest BCUT2D eigenvalue weighted by atomic mass is 19.4. The highest BCUT2D eigenvalue weighted by molar-refractivity contribution is 5.98. The lowest BCUT2D eigenvalue weighted by molar-refractivity contribution is -0.140. The van der Waals surface area contributed by atoms with Crippen molar-refractivity contribution in [2.24, 2.45) is 7.05 Å². The van der Waals surface area contributed by atoms with Gasteiger partial charge in [0, 0.05) is 50.0 Å². The maximum atomic E-state index is 14.7. The number of anilines is 1. The molecule has 1 aromatic heterocycles. The number of phenolic OH excluding ortho intramolecular Hbond substituents is 1. The molecule has 172 valence electrons. The van der Waals surface area contributed by atoms with Crippen molar-refractivity contribution in [1.29, 1.82) is 0 Å². The molecule has 0 radical (unpaired) electrons. The van der Waals surface area contributed by atoms with Crippen LogP contribution in [0.5, 0.6) is 5.75 Å². The molecule has 1 fully saturated rings. The van der Waals surface area contributed by atoms with Crippen LogP contribution in [0.2, 0.25) is 0 Å². The van der Waals surface area contributed by atoms with Gasteiger partial charge in [-0.1, -0.05) is 0 Å². The van der Waals surface area contributed by atoms with E-state index in [1.54, 1.807) is 14.0 Å². The average Bonchev–Trinajstić information content (AvgIpc) is 3.08. The monoisotopic (exact) mass is 455 g/mol. The fourth-order valence-electron chi connectivity index (χ4n) is 4.24. The minimum atomic E-state index is -5.11. The standard InChI is InChI=1S/C22H22F5N3O2/c1-11-8-13(29(2)12-4-6-32-7-5-12)9-16-17(11)20(28-30(16)3)14-10-15(22(25,26)27)19(24)21(31)18(14)23/h8-10,12,31H,4-7H2,1-3H3. The zero-order valence-electron chi connectivity index (χ0n) is 17.7. The second kappa shape index (κ2) is 7.91. The second-order valence-corrected chi connectivity index (χ2v) is 8.03. The maximum absolute atomic E-state index is 14.7. The molecule has 2 heterocycles. The predicted molar refractivity (Wildman–Crippen MR) is 110 cm³/mol. The van der Waals surface area contributed by atoms with Crippen molar-refractivity contribution < 1.29 is 31.8 Å². The van der Waals surface area contributed by atoms with Gasteiger partial charge in [-0.2, -0.15) is 18.3 Å². The van der Waals surface area contributed by atoms with E-state index in [1.807, 2.05) is 19.2 Å². The summed E-state index contributed by atoms with van der Waals surface area (Å²) in [4.78, 5) is 2.12. The molecule has 2 aromatic carbocycles. The Labute approximate surface area is 181 Å². The molecule has 4 rings (SSSR count). The van der Waals surface area contributed by atoms with E-state index >= 15 is 0 Å². The molecule has 1 saturated heterocycles. The summed E-state index contributed by atoms with van der Waals surface area (Å²) in [5.41, 5.74) is -0.343. The molecule has 1 aliphatic heterocycles. The van der Waals surface area contributed by atoms with Gasteiger partial charge in [0.2, 0.25) is 0 Å². The highest BCUT2D eigenvalue weighted by Crippen LogP contribution is 2.42. The number of hydrogen-bond acceptors (Lipinski definition) is 4. The molecule has 0 saturated carbocycles. The number of alkyl halides is 3. The number of halogens is 5. The molecule has 3 aromatic rings. The van der Waals surface area contributed by atoms with Crippen LogP contribution < -0.4 is 4.90 Å². The van der Waals surface area contributed by atoms with Crippen LogP contribution in [0.4, 0.5) is 27.6 Å². The summed E-state index contributed by atoms with van der Waals surface area (Å²) in [6, 6.07) is 4.32. The zero-order chi connectivity index (χ0) is 23.4. The van der Waals surface area contributed by atoms with E-state index in [-0.39, 0.29) is 11.7 Å². The van der Waals surface area contributed by atoms with Gasteiger partial charge in [-0.05, 0) is 43.5 Å². The first-order valence-corrected chi connectivity index (χ1v) is 10.1. The van der Waals surface area contributed by atoms with E-state index in [4.69, 9.17) is 4.74 Å². The smallest absolute Gasteiger partial charge is 0.419 e. The van der Waals surface area contributed by atoms with E-state index in [0.717, 1.165) is 18.5 Å². The first-order chi connectivity index (χ1) is 15.0. The largest absolute Gasteiger partial charge is 0.503 e. The number of nitrogens with zero attached hydrogens (tertiary/aromatic N) is 3. The van der Waals surface area contributed by atoms with Crippen LogP contribution in [0.15, 0.2) is 18.2 Å². The quantitative estimate of drug-likeness (QED) is 0.554. The van der Waals surface area contributed by atoms with Crippen molar-refractivity contribution in [3.63, 3.8) is 0 Å². The number of aromatic nitrogens is 2. The van der Waals surface area contributed by atoms with Gasteiger partial charge in [0.1, 0.15) is 5.69 Å². The SMILES string of the molecule is Cc1cc(N(C)C2CCOCC2)cc2c1c(-c1cc(C(F)(F)F)c(F)c(O)c1F)nn2C. The molecule has 10 heteroatoms. The number of hydrogen-bond donors (Lipinski definition) is 1. The Balaban J connectivity index is 1.88. The average molecular weight is 455 g/mol. The number of rotatable bonds is 3. The Hall–Kier alpha value is -2.88. The van der Waals surface area contributed by atoms with Crippen molar-refractivity contribution in [3.05, 3.63) is 41.0 Å². The van der Waals surface area contributed by atoms with E-state index in [0.29, 0.717) is 35.7 Å². The van der Waals surface area contributed by atoms with Crippen LogP contribution in [0, 0.1) is 18.6 Å². The Kier molecular flexibility index (Phi) is 5.52. The Morgan fingerprint density at radius 2 is 1.78 bits per heavy atom. The lowest BCUT2D eigenvalue weighted by Gasteiger charge is -2.33. The van der Waals surface area contributed by atoms with Crippen molar-refractivity contribution >= 4 is 16.6 Å². The van der Waals surface area contributed by atoms with Crippen molar-refractivity contribution in [1.82, 2.24) is 9.78 Å². The Morgan fingerprint density at radius 3 is 2.41 bits per heavy atom. The summed E-state index contributed by atoms with van der Waals surface area (Å²) in [5.74, 6) is -5.21. The van der Waals surface area contributed by atoms with E-state index in [1.165, 1.54) is 4.68 Å². The van der Waals surface area contributed by atoms with Gasteiger partial charge in [-0.25, -0.2) is 8.78 Å². The van der Waals surface area contributed by atoms with Gasteiger partial charge < -0.3 is 14.7 Å². The molecule has 5 nitrogen and oxygen atoms in total. The van der Waals surface area contributed by atoms with Crippen LogP contribution in [-0.4, -0.2) is 41.2 Å². The topological polar surface area (TPSA) is 50.5 Å². The van der Waals surface area contributed by atoms with Crippen LogP contribution in [-0.2, 0) is 18.0 Å². The van der Waals surface area contributed by atoms with Crippen molar-refractivity contribution in [2.75, 3.05) is 25.2 Å². The zero-order valence-corrected chi connectivity index (χ0v) is 17.7. The first-order valence-electron chi connectivity index (χ1n) is 10.1. The third-order valence-corrected chi connectivity index (χ3v) is 6.02. The normalized spacial score (nSPS) is 15.5. The number of aromatic hydroxyl groups is 1. The fourth-order valence-corrected chi connectivity index (χ4v) is 4.24. The van der Waals surface area contributed by atoms with Crippen LogP contribution in [0.1, 0.15) is 24.0 Å². The summed E-state index contributed by atoms with van der Waals surface area (Å²) in [6.07, 6.45) is -3.38. The van der Waals surface area contributed by atoms with Gasteiger partial charge in [0.15, 0.2) is 17.4 Å². The number of aryl methyl sites for hydroxylation is 2. The summed E-state index contributed by atoms with van der Waals surface area (Å²) < 4.78 is 75.3. The first kappa shape index (κ1) is 22.3. The van der Waals surface area contributed by atoms with Gasteiger partial charge in [0.05, 0.1) is 11.1 Å². The maximum Gasteiger partial charge on any atom is 0.419 e. The third kappa shape index (κ3) is 3.66. The van der Waals surface area contributed by atoms with E-state index in [9.17, 15) is 27.1 Å². The number of benzene rings is 2. The molecule has 0 amide bonds. The molecule has 0 unspecified atom stereocenters. The minimum Gasteiger partial charge on any atom is -0.503 e. The lowest BCUT2D eigenvalue weighted by atomic mass is 9.99. The highest BCUT2D eigenvalue weighted by Gasteiger charge is 2.38.